The van der Waals surface area contributed by atoms with Crippen LogP contribution in [0.3, 0.4) is 0 Å². The first kappa shape index (κ1) is 11.5. The highest BCUT2D eigenvalue weighted by Crippen LogP contribution is 2.17. The summed E-state index contributed by atoms with van der Waals surface area (Å²) in [5.74, 6) is 0.395. The van der Waals surface area contributed by atoms with Crippen molar-refractivity contribution in [2.45, 2.75) is 13.5 Å². The molecule has 1 rings (SSSR count). The van der Waals surface area contributed by atoms with Gasteiger partial charge in [0, 0.05) is 0 Å². The maximum atomic E-state index is 10.8. The summed E-state index contributed by atoms with van der Waals surface area (Å²) in [5, 5.41) is 0. The molecule has 0 saturated heterocycles. The van der Waals surface area contributed by atoms with Gasteiger partial charge in [-0.05, 0) is 30.2 Å². The summed E-state index contributed by atoms with van der Waals surface area (Å²) in [6, 6.07) is 5.60. The van der Waals surface area contributed by atoms with Crippen molar-refractivity contribution in [1.29, 1.82) is 0 Å². The molecule has 0 aliphatic carbocycles. The zero-order valence-electron chi connectivity index (χ0n) is 8.95. The van der Waals surface area contributed by atoms with E-state index < -0.39 is 5.97 Å². The Morgan fingerprint density at radius 2 is 2.20 bits per heavy atom. The summed E-state index contributed by atoms with van der Waals surface area (Å²) < 4.78 is 10.00. The Balaban J connectivity index is 2.66. The van der Waals surface area contributed by atoms with Crippen molar-refractivity contribution >= 4 is 5.97 Å². The summed E-state index contributed by atoms with van der Waals surface area (Å²) in [4.78, 5) is 10.8. The van der Waals surface area contributed by atoms with Gasteiger partial charge in [0.2, 0.25) is 0 Å². The number of benzene rings is 1. The second-order valence-electron chi connectivity index (χ2n) is 3.16. The Morgan fingerprint density at radius 3 is 2.73 bits per heavy atom. The number of methoxy groups -OCH3 is 1. The second-order valence-corrected chi connectivity index (χ2v) is 3.16. The summed E-state index contributed by atoms with van der Waals surface area (Å²) in [7, 11) is 1.61. The Hall–Kier alpha value is -1.55. The van der Waals surface area contributed by atoms with E-state index in [1.807, 2.05) is 25.1 Å². The molecule has 1 aromatic rings. The molecule has 15 heavy (non-hydrogen) atoms. The number of hydrogen-bond donors (Lipinski definition) is 1. The maximum absolute atomic E-state index is 10.8. The molecule has 0 heterocycles. The standard InChI is InChI=1S/C11H15NO3/c1-8-5-10(14-2)4-3-9(8)7-15-11(13)6-12/h3-5H,6-7,12H2,1-2H3. The number of esters is 1. The van der Waals surface area contributed by atoms with E-state index in [-0.39, 0.29) is 13.2 Å². The van der Waals surface area contributed by atoms with Crippen LogP contribution in [-0.2, 0) is 16.1 Å². The Bertz CT molecular complexity index is 350. The number of ether oxygens (including phenoxy) is 2. The van der Waals surface area contributed by atoms with E-state index in [4.69, 9.17) is 15.2 Å². The minimum absolute atomic E-state index is 0.0881. The molecule has 0 aromatic heterocycles. The molecule has 4 heteroatoms. The average Bonchev–Trinajstić information content (AvgIpc) is 2.26. The van der Waals surface area contributed by atoms with Crippen LogP contribution in [-0.4, -0.2) is 19.6 Å². The fraction of sp³-hybridized carbons (Fsp3) is 0.364. The molecule has 0 spiro atoms. The van der Waals surface area contributed by atoms with Crippen molar-refractivity contribution in [1.82, 2.24) is 0 Å². The molecule has 0 amide bonds. The van der Waals surface area contributed by atoms with Crippen molar-refractivity contribution < 1.29 is 14.3 Å². The highest BCUT2D eigenvalue weighted by Gasteiger charge is 2.03. The second kappa shape index (κ2) is 5.36. The monoisotopic (exact) mass is 209 g/mol. The van der Waals surface area contributed by atoms with Crippen LogP contribution in [0.5, 0.6) is 5.75 Å². The molecule has 4 nitrogen and oxygen atoms in total. The van der Waals surface area contributed by atoms with Gasteiger partial charge in [-0.3, -0.25) is 4.79 Å². The lowest BCUT2D eigenvalue weighted by Crippen LogP contribution is -2.16. The minimum Gasteiger partial charge on any atom is -0.497 e. The zero-order valence-corrected chi connectivity index (χ0v) is 8.95. The van der Waals surface area contributed by atoms with Crippen LogP contribution in [0.1, 0.15) is 11.1 Å². The maximum Gasteiger partial charge on any atom is 0.320 e. The van der Waals surface area contributed by atoms with Crippen molar-refractivity contribution in [3.8, 4) is 5.75 Å². The van der Waals surface area contributed by atoms with E-state index in [0.717, 1.165) is 16.9 Å². The van der Waals surface area contributed by atoms with Gasteiger partial charge in [-0.25, -0.2) is 0 Å². The first-order chi connectivity index (χ1) is 7.17. The molecule has 0 fully saturated rings. The number of hydrogen-bond acceptors (Lipinski definition) is 4. The molecule has 0 bridgehead atoms. The van der Waals surface area contributed by atoms with Crippen LogP contribution in [0, 0.1) is 6.92 Å². The summed E-state index contributed by atoms with van der Waals surface area (Å²) in [6.07, 6.45) is 0. The molecule has 0 atom stereocenters. The van der Waals surface area contributed by atoms with Crippen LogP contribution >= 0.6 is 0 Å². The van der Waals surface area contributed by atoms with Gasteiger partial charge < -0.3 is 15.2 Å². The minimum atomic E-state index is -0.398. The SMILES string of the molecule is COc1ccc(COC(=O)CN)c(C)c1. The lowest BCUT2D eigenvalue weighted by molar-refractivity contribution is -0.143. The number of rotatable bonds is 4. The number of carbonyl (C=O) groups is 1. The van der Waals surface area contributed by atoms with Gasteiger partial charge in [0.25, 0.3) is 0 Å². The lowest BCUT2D eigenvalue weighted by Gasteiger charge is -2.08. The zero-order chi connectivity index (χ0) is 11.3. The summed E-state index contributed by atoms with van der Waals surface area (Å²) >= 11 is 0. The van der Waals surface area contributed by atoms with Gasteiger partial charge >= 0.3 is 5.97 Å². The molecular formula is C11H15NO3. The topological polar surface area (TPSA) is 61.5 Å². The summed E-state index contributed by atoms with van der Waals surface area (Å²) in [5.41, 5.74) is 7.11. The lowest BCUT2D eigenvalue weighted by atomic mass is 10.1. The van der Waals surface area contributed by atoms with Crippen LogP contribution in [0.4, 0.5) is 0 Å². The molecule has 0 aliphatic rings. The third-order valence-electron chi connectivity index (χ3n) is 2.11. The number of nitrogens with two attached hydrogens (primary N) is 1. The van der Waals surface area contributed by atoms with Crippen molar-refractivity contribution in [3.63, 3.8) is 0 Å². The quantitative estimate of drug-likeness (QED) is 0.752. The third kappa shape index (κ3) is 3.25. The Kier molecular flexibility index (Phi) is 4.12. The van der Waals surface area contributed by atoms with E-state index in [1.54, 1.807) is 7.11 Å². The average molecular weight is 209 g/mol. The van der Waals surface area contributed by atoms with Gasteiger partial charge in [-0.2, -0.15) is 0 Å². The Labute approximate surface area is 89.0 Å². The highest BCUT2D eigenvalue weighted by atomic mass is 16.5. The van der Waals surface area contributed by atoms with Crippen LogP contribution in [0.25, 0.3) is 0 Å². The predicted octanol–water partition coefficient (Wildman–Crippen LogP) is 1.01. The first-order valence-electron chi connectivity index (χ1n) is 4.66. The highest BCUT2D eigenvalue weighted by molar-refractivity contribution is 5.71. The van der Waals surface area contributed by atoms with E-state index in [1.165, 1.54) is 0 Å². The molecule has 82 valence electrons. The predicted molar refractivity (Wildman–Crippen MR) is 56.6 cm³/mol. The first-order valence-corrected chi connectivity index (χ1v) is 4.66. The fourth-order valence-electron chi connectivity index (χ4n) is 1.17. The van der Waals surface area contributed by atoms with Crippen LogP contribution < -0.4 is 10.5 Å². The molecule has 0 saturated carbocycles. The van der Waals surface area contributed by atoms with Gasteiger partial charge in [0.15, 0.2) is 0 Å². The molecule has 1 aromatic carbocycles. The van der Waals surface area contributed by atoms with Gasteiger partial charge in [-0.1, -0.05) is 6.07 Å². The van der Waals surface area contributed by atoms with E-state index >= 15 is 0 Å². The molecular weight excluding hydrogens is 194 g/mol. The third-order valence-corrected chi connectivity index (χ3v) is 2.11. The van der Waals surface area contributed by atoms with E-state index in [2.05, 4.69) is 0 Å². The number of aryl methyl sites for hydroxylation is 1. The van der Waals surface area contributed by atoms with Crippen LogP contribution in [0.2, 0.25) is 0 Å². The van der Waals surface area contributed by atoms with E-state index in [9.17, 15) is 4.79 Å². The smallest absolute Gasteiger partial charge is 0.320 e. The van der Waals surface area contributed by atoms with Gasteiger partial charge in [-0.15, -0.1) is 0 Å². The van der Waals surface area contributed by atoms with E-state index in [0.29, 0.717) is 0 Å². The molecule has 0 unspecified atom stereocenters. The van der Waals surface area contributed by atoms with Crippen LogP contribution in [0.15, 0.2) is 18.2 Å². The molecule has 2 N–H and O–H groups in total. The molecule has 0 aliphatic heterocycles. The van der Waals surface area contributed by atoms with Gasteiger partial charge in [0.1, 0.15) is 12.4 Å². The van der Waals surface area contributed by atoms with Crippen molar-refractivity contribution in [2.75, 3.05) is 13.7 Å². The fourth-order valence-corrected chi connectivity index (χ4v) is 1.17. The number of carbonyl (C=O) groups excluding carboxylic acids is 1. The normalized spacial score (nSPS) is 9.80. The Morgan fingerprint density at radius 1 is 1.47 bits per heavy atom. The molecule has 0 radical (unpaired) electrons. The van der Waals surface area contributed by atoms with Crippen molar-refractivity contribution in [3.05, 3.63) is 29.3 Å². The van der Waals surface area contributed by atoms with Gasteiger partial charge in [0.05, 0.1) is 13.7 Å². The summed E-state index contributed by atoms with van der Waals surface area (Å²) in [6.45, 7) is 2.11. The largest absolute Gasteiger partial charge is 0.497 e. The van der Waals surface area contributed by atoms with Crippen molar-refractivity contribution in [2.24, 2.45) is 5.73 Å².